The lowest BCUT2D eigenvalue weighted by atomic mass is 9.74. The lowest BCUT2D eigenvalue weighted by Gasteiger charge is -2.49. The molecule has 1 atom stereocenters. The summed E-state index contributed by atoms with van der Waals surface area (Å²) in [7, 11) is 0. The van der Waals surface area contributed by atoms with E-state index < -0.39 is 5.66 Å². The maximum Gasteiger partial charge on any atom is 0.223 e. The van der Waals surface area contributed by atoms with Crippen LogP contribution in [0.15, 0.2) is 54.6 Å². The standard InChI is InChI=1S/C27H34N2O2/c1-4-5-6-11-20-31-24-15-10-7-12-21(24)16-18-27-26(2,3)22-13-8-9-14-23(22)29(27)19-17-25(30)28-27/h7-10,12-16,18H,4-6,11,17,19-20H2,1-3H3,(H,28,30)/b18-16+/t27-/m1/s1. The fraction of sp³-hybridized carbons (Fsp3) is 0.444. The Hall–Kier alpha value is -2.75. The first-order valence-electron chi connectivity index (χ1n) is 11.6. The van der Waals surface area contributed by atoms with Crippen molar-refractivity contribution < 1.29 is 9.53 Å². The van der Waals surface area contributed by atoms with Gasteiger partial charge in [0.15, 0.2) is 0 Å². The number of para-hydroxylation sites is 2. The molecule has 0 aliphatic carbocycles. The first-order chi connectivity index (χ1) is 15.0. The first-order valence-corrected chi connectivity index (χ1v) is 11.6. The third-order valence-electron chi connectivity index (χ3n) is 6.82. The second-order valence-electron chi connectivity index (χ2n) is 9.14. The normalized spacial score (nSPS) is 21.6. The van der Waals surface area contributed by atoms with Gasteiger partial charge in [-0.15, -0.1) is 0 Å². The maximum absolute atomic E-state index is 12.6. The molecule has 2 aromatic carbocycles. The van der Waals surface area contributed by atoms with Crippen LogP contribution in [-0.4, -0.2) is 24.7 Å². The average molecular weight is 419 g/mol. The maximum atomic E-state index is 12.6. The van der Waals surface area contributed by atoms with Gasteiger partial charge in [-0.25, -0.2) is 0 Å². The van der Waals surface area contributed by atoms with Crippen LogP contribution in [0.3, 0.4) is 0 Å². The molecule has 1 saturated heterocycles. The monoisotopic (exact) mass is 418 g/mol. The van der Waals surface area contributed by atoms with Gasteiger partial charge in [0, 0.05) is 29.6 Å². The van der Waals surface area contributed by atoms with Gasteiger partial charge in [-0.05, 0) is 30.2 Å². The highest BCUT2D eigenvalue weighted by molar-refractivity contribution is 5.84. The average Bonchev–Trinajstić information content (AvgIpc) is 2.97. The Morgan fingerprint density at radius 2 is 1.84 bits per heavy atom. The molecule has 31 heavy (non-hydrogen) atoms. The molecular formula is C27H34N2O2. The van der Waals surface area contributed by atoms with Crippen molar-refractivity contribution in [3.05, 3.63) is 65.7 Å². The molecule has 2 aromatic rings. The third kappa shape index (κ3) is 3.84. The smallest absolute Gasteiger partial charge is 0.223 e. The highest BCUT2D eigenvalue weighted by Crippen LogP contribution is 2.52. The molecule has 0 unspecified atom stereocenters. The minimum atomic E-state index is -0.597. The number of nitrogens with zero attached hydrogens (tertiary/aromatic N) is 1. The van der Waals surface area contributed by atoms with E-state index in [1.165, 1.54) is 30.5 Å². The number of rotatable bonds is 8. The van der Waals surface area contributed by atoms with Crippen molar-refractivity contribution in [2.24, 2.45) is 0 Å². The molecule has 0 aromatic heterocycles. The quantitative estimate of drug-likeness (QED) is 0.561. The Balaban J connectivity index is 1.64. The number of amides is 1. The van der Waals surface area contributed by atoms with Gasteiger partial charge in [-0.3, -0.25) is 4.79 Å². The predicted molar refractivity (Wildman–Crippen MR) is 127 cm³/mol. The molecular weight excluding hydrogens is 384 g/mol. The van der Waals surface area contributed by atoms with Crippen LogP contribution in [-0.2, 0) is 10.2 Å². The number of hydrogen-bond donors (Lipinski definition) is 1. The van der Waals surface area contributed by atoms with Crippen LogP contribution in [0.5, 0.6) is 5.75 Å². The highest BCUT2D eigenvalue weighted by atomic mass is 16.5. The van der Waals surface area contributed by atoms with E-state index in [1.54, 1.807) is 0 Å². The fourth-order valence-electron chi connectivity index (χ4n) is 4.99. The number of anilines is 1. The van der Waals surface area contributed by atoms with Crippen LogP contribution in [0.25, 0.3) is 6.08 Å². The molecule has 0 saturated carbocycles. The Morgan fingerprint density at radius 3 is 2.68 bits per heavy atom. The van der Waals surface area contributed by atoms with Gasteiger partial charge in [0.1, 0.15) is 11.4 Å². The summed E-state index contributed by atoms with van der Waals surface area (Å²) in [5.41, 5.74) is 2.64. The van der Waals surface area contributed by atoms with Gasteiger partial charge >= 0.3 is 0 Å². The number of carbonyl (C=O) groups excluding carboxylic acids is 1. The Bertz CT molecular complexity index is 965. The molecule has 4 rings (SSSR count). The van der Waals surface area contributed by atoms with Crippen LogP contribution in [0.2, 0.25) is 0 Å². The van der Waals surface area contributed by atoms with Crippen molar-refractivity contribution >= 4 is 17.7 Å². The number of benzene rings is 2. The molecule has 0 bridgehead atoms. The summed E-state index contributed by atoms with van der Waals surface area (Å²) >= 11 is 0. The minimum absolute atomic E-state index is 0.0993. The van der Waals surface area contributed by atoms with E-state index in [4.69, 9.17) is 4.74 Å². The van der Waals surface area contributed by atoms with Crippen LogP contribution < -0.4 is 15.0 Å². The zero-order valence-electron chi connectivity index (χ0n) is 19.0. The Kier molecular flexibility index (Phi) is 6.08. The van der Waals surface area contributed by atoms with Gasteiger partial charge in [0.2, 0.25) is 5.91 Å². The van der Waals surface area contributed by atoms with E-state index in [9.17, 15) is 4.79 Å². The molecule has 1 N–H and O–H groups in total. The third-order valence-corrected chi connectivity index (χ3v) is 6.82. The molecule has 2 aliphatic heterocycles. The topological polar surface area (TPSA) is 41.6 Å². The number of hydrogen-bond acceptors (Lipinski definition) is 3. The van der Waals surface area contributed by atoms with E-state index in [-0.39, 0.29) is 11.3 Å². The molecule has 0 radical (unpaired) electrons. The number of ether oxygens (including phenoxy) is 1. The lowest BCUT2D eigenvalue weighted by molar-refractivity contribution is -0.124. The van der Waals surface area contributed by atoms with Gasteiger partial charge < -0.3 is 15.0 Å². The number of unbranched alkanes of at least 4 members (excludes halogenated alkanes) is 3. The summed E-state index contributed by atoms with van der Waals surface area (Å²) in [6.07, 6.45) is 9.54. The number of carbonyl (C=O) groups is 1. The summed E-state index contributed by atoms with van der Waals surface area (Å²) in [5.74, 6) is 0.996. The summed E-state index contributed by atoms with van der Waals surface area (Å²) in [6.45, 7) is 8.11. The molecule has 4 nitrogen and oxygen atoms in total. The van der Waals surface area contributed by atoms with Crippen LogP contribution in [0, 0.1) is 0 Å². The summed E-state index contributed by atoms with van der Waals surface area (Å²) in [6, 6.07) is 16.7. The van der Waals surface area contributed by atoms with Crippen molar-refractivity contribution in [1.29, 1.82) is 0 Å². The Morgan fingerprint density at radius 1 is 1.06 bits per heavy atom. The fourth-order valence-corrected chi connectivity index (χ4v) is 4.99. The van der Waals surface area contributed by atoms with Crippen LogP contribution in [0.1, 0.15) is 64.0 Å². The van der Waals surface area contributed by atoms with Crippen molar-refractivity contribution in [3.63, 3.8) is 0 Å². The molecule has 164 valence electrons. The minimum Gasteiger partial charge on any atom is -0.493 e. The predicted octanol–water partition coefficient (Wildman–Crippen LogP) is 5.67. The molecule has 2 heterocycles. The largest absolute Gasteiger partial charge is 0.493 e. The van der Waals surface area contributed by atoms with E-state index in [0.29, 0.717) is 13.0 Å². The second-order valence-corrected chi connectivity index (χ2v) is 9.14. The Labute approximate surface area is 186 Å². The van der Waals surface area contributed by atoms with E-state index in [2.05, 4.69) is 73.5 Å². The van der Waals surface area contributed by atoms with E-state index >= 15 is 0 Å². The first kappa shape index (κ1) is 21.5. The summed E-state index contributed by atoms with van der Waals surface area (Å²) in [5, 5.41) is 3.34. The number of fused-ring (bicyclic) bond motifs is 3. The SMILES string of the molecule is CCCCCCOc1ccccc1/C=C/[C@@]12NC(=O)CCN1c1ccccc1C2(C)C. The zero-order chi connectivity index (χ0) is 21.9. The van der Waals surface area contributed by atoms with Gasteiger partial charge in [0.05, 0.1) is 6.61 Å². The summed E-state index contributed by atoms with van der Waals surface area (Å²) < 4.78 is 6.12. The van der Waals surface area contributed by atoms with Crippen LogP contribution in [0.4, 0.5) is 5.69 Å². The zero-order valence-corrected chi connectivity index (χ0v) is 19.0. The van der Waals surface area contributed by atoms with E-state index in [1.807, 2.05) is 18.2 Å². The van der Waals surface area contributed by atoms with Gasteiger partial charge in [-0.2, -0.15) is 0 Å². The van der Waals surface area contributed by atoms with Gasteiger partial charge in [0.25, 0.3) is 0 Å². The van der Waals surface area contributed by atoms with E-state index in [0.717, 1.165) is 24.3 Å². The lowest BCUT2D eigenvalue weighted by Crippen LogP contribution is -2.68. The highest BCUT2D eigenvalue weighted by Gasteiger charge is 2.57. The second kappa shape index (κ2) is 8.78. The van der Waals surface area contributed by atoms with Crippen molar-refractivity contribution in [2.75, 3.05) is 18.1 Å². The van der Waals surface area contributed by atoms with Crippen molar-refractivity contribution in [1.82, 2.24) is 5.32 Å². The van der Waals surface area contributed by atoms with Crippen molar-refractivity contribution in [3.8, 4) is 5.75 Å². The van der Waals surface area contributed by atoms with Gasteiger partial charge in [-0.1, -0.05) is 82.5 Å². The molecule has 0 spiro atoms. The molecule has 1 fully saturated rings. The molecule has 1 amide bonds. The summed E-state index contributed by atoms with van der Waals surface area (Å²) in [4.78, 5) is 14.9. The number of nitrogens with one attached hydrogen (secondary N) is 1. The van der Waals surface area contributed by atoms with Crippen LogP contribution >= 0.6 is 0 Å². The molecule has 2 aliphatic rings. The molecule has 4 heteroatoms. The van der Waals surface area contributed by atoms with Crippen molar-refractivity contribution in [2.45, 2.75) is 64.0 Å².